The quantitative estimate of drug-likeness (QED) is 0.465. The van der Waals surface area contributed by atoms with Gasteiger partial charge in [-0.05, 0) is 24.3 Å². The monoisotopic (exact) mass is 252 g/mol. The Morgan fingerprint density at radius 2 is 2.06 bits per heavy atom. The molecule has 2 aromatic rings. The maximum Gasteiger partial charge on any atom is 0.276 e. The summed E-state index contributed by atoms with van der Waals surface area (Å²) in [5.41, 5.74) is 0.668. The van der Waals surface area contributed by atoms with Crippen molar-refractivity contribution in [3.8, 4) is 11.5 Å². The van der Waals surface area contributed by atoms with Crippen molar-refractivity contribution in [2.75, 3.05) is 5.75 Å². The first-order chi connectivity index (χ1) is 8.29. The smallest absolute Gasteiger partial charge is 0.276 e. The van der Waals surface area contributed by atoms with Crippen LogP contribution in [0.3, 0.4) is 0 Å². The summed E-state index contributed by atoms with van der Waals surface area (Å²) in [6.07, 6.45) is 1.28. The predicted molar refractivity (Wildman–Crippen MR) is 61.1 cm³/mol. The molecule has 0 atom stereocenters. The van der Waals surface area contributed by atoms with Gasteiger partial charge in [0.25, 0.3) is 5.22 Å². The minimum atomic E-state index is -0.311. The van der Waals surface area contributed by atoms with E-state index >= 15 is 0 Å². The fourth-order valence-electron chi connectivity index (χ4n) is 1.17. The average Bonchev–Trinajstić information content (AvgIpc) is 2.79. The summed E-state index contributed by atoms with van der Waals surface area (Å²) in [6.45, 7) is 0. The lowest BCUT2D eigenvalue weighted by Gasteiger charge is -1.93. The summed E-state index contributed by atoms with van der Waals surface area (Å²) >= 11 is 1.32. The third-order valence-electron chi connectivity index (χ3n) is 1.96. The molecule has 0 radical (unpaired) electrons. The van der Waals surface area contributed by atoms with E-state index in [4.69, 9.17) is 4.42 Å². The van der Waals surface area contributed by atoms with Crippen molar-refractivity contribution in [2.45, 2.75) is 11.6 Å². The molecule has 0 aliphatic rings. The van der Waals surface area contributed by atoms with Crippen molar-refractivity contribution in [1.29, 1.82) is 0 Å². The molecule has 0 saturated carbocycles. The lowest BCUT2D eigenvalue weighted by Crippen LogP contribution is -1.80. The van der Waals surface area contributed by atoms with Crippen LogP contribution < -0.4 is 0 Å². The third kappa shape index (κ3) is 3.13. The Balaban J connectivity index is 2.07. The van der Waals surface area contributed by atoms with Crippen molar-refractivity contribution in [2.24, 2.45) is 0 Å². The van der Waals surface area contributed by atoms with Gasteiger partial charge < -0.3 is 9.21 Å². The number of hydrogen-bond acceptors (Lipinski definition) is 5. The number of halogens is 1. The van der Waals surface area contributed by atoms with Crippen LogP contribution in [-0.2, 0) is 4.79 Å². The van der Waals surface area contributed by atoms with Crippen molar-refractivity contribution < 1.29 is 13.6 Å². The van der Waals surface area contributed by atoms with Crippen LogP contribution in [0.15, 0.2) is 33.9 Å². The molecular weight excluding hydrogens is 243 g/mol. The fourth-order valence-corrected chi connectivity index (χ4v) is 1.80. The number of thioether (sulfide) groups is 1. The second-order valence-electron chi connectivity index (χ2n) is 3.18. The van der Waals surface area contributed by atoms with E-state index in [1.165, 1.54) is 23.9 Å². The molecule has 1 aromatic heterocycles. The van der Waals surface area contributed by atoms with Gasteiger partial charge in [0.05, 0.1) is 0 Å². The topological polar surface area (TPSA) is 56.0 Å². The molecule has 0 bridgehead atoms. The number of carbonyl (C=O) groups excluding carboxylic acids is 1. The second-order valence-corrected chi connectivity index (χ2v) is 4.23. The molecule has 0 aliphatic heterocycles. The summed E-state index contributed by atoms with van der Waals surface area (Å²) in [5.74, 6) is 0.640. The van der Waals surface area contributed by atoms with Gasteiger partial charge in [-0.25, -0.2) is 4.39 Å². The van der Waals surface area contributed by atoms with Gasteiger partial charge in [0.15, 0.2) is 0 Å². The van der Waals surface area contributed by atoms with Gasteiger partial charge in [0.1, 0.15) is 12.1 Å². The maximum atomic E-state index is 12.7. The van der Waals surface area contributed by atoms with E-state index in [1.54, 1.807) is 12.1 Å². The molecule has 0 N–H and O–H groups in total. The zero-order valence-electron chi connectivity index (χ0n) is 8.80. The van der Waals surface area contributed by atoms with Crippen LogP contribution in [0.4, 0.5) is 4.39 Å². The number of rotatable bonds is 5. The Labute approximate surface area is 101 Å². The zero-order valence-corrected chi connectivity index (χ0v) is 9.61. The highest BCUT2D eigenvalue weighted by atomic mass is 32.2. The molecule has 0 aliphatic carbocycles. The molecule has 88 valence electrons. The van der Waals surface area contributed by atoms with Gasteiger partial charge >= 0.3 is 0 Å². The molecule has 6 heteroatoms. The number of hydrogen-bond donors (Lipinski definition) is 0. The summed E-state index contributed by atoms with van der Waals surface area (Å²) in [6, 6.07) is 5.81. The minimum Gasteiger partial charge on any atom is -0.411 e. The van der Waals surface area contributed by atoms with Crippen LogP contribution in [0, 0.1) is 5.82 Å². The summed E-state index contributed by atoms with van der Waals surface area (Å²) in [5, 5.41) is 8.08. The van der Waals surface area contributed by atoms with Gasteiger partial charge in [-0.2, -0.15) is 0 Å². The molecule has 0 unspecified atom stereocenters. The van der Waals surface area contributed by atoms with E-state index in [0.717, 1.165) is 6.29 Å². The van der Waals surface area contributed by atoms with E-state index in [2.05, 4.69) is 10.2 Å². The first kappa shape index (κ1) is 11.8. The van der Waals surface area contributed by atoms with Crippen LogP contribution in [0.2, 0.25) is 0 Å². The zero-order chi connectivity index (χ0) is 12.1. The summed E-state index contributed by atoms with van der Waals surface area (Å²) in [7, 11) is 0. The highest BCUT2D eigenvalue weighted by Gasteiger charge is 2.08. The second kappa shape index (κ2) is 5.58. The van der Waals surface area contributed by atoms with E-state index in [1.807, 2.05) is 0 Å². The number of nitrogens with zero attached hydrogens (tertiary/aromatic N) is 2. The van der Waals surface area contributed by atoms with Gasteiger partial charge in [-0.15, -0.1) is 10.2 Å². The minimum absolute atomic E-state index is 0.311. The summed E-state index contributed by atoms with van der Waals surface area (Å²) in [4.78, 5) is 10.1. The first-order valence-corrected chi connectivity index (χ1v) is 5.94. The van der Waals surface area contributed by atoms with E-state index in [0.29, 0.717) is 28.9 Å². The number of aromatic nitrogens is 2. The van der Waals surface area contributed by atoms with Crippen LogP contribution in [0.5, 0.6) is 0 Å². The molecule has 2 rings (SSSR count). The van der Waals surface area contributed by atoms with Crippen molar-refractivity contribution in [1.82, 2.24) is 10.2 Å². The average molecular weight is 252 g/mol. The van der Waals surface area contributed by atoms with Crippen LogP contribution in [-0.4, -0.2) is 22.2 Å². The highest BCUT2D eigenvalue weighted by Crippen LogP contribution is 2.23. The third-order valence-corrected chi connectivity index (χ3v) is 2.81. The first-order valence-electron chi connectivity index (χ1n) is 4.95. The van der Waals surface area contributed by atoms with Crippen LogP contribution in [0.25, 0.3) is 11.5 Å². The Hall–Kier alpha value is -1.69. The maximum absolute atomic E-state index is 12.7. The van der Waals surface area contributed by atoms with Crippen molar-refractivity contribution in [3.05, 3.63) is 30.1 Å². The summed E-state index contributed by atoms with van der Waals surface area (Å²) < 4.78 is 18.1. The molecule has 0 saturated heterocycles. The van der Waals surface area contributed by atoms with Crippen LogP contribution in [0.1, 0.15) is 6.42 Å². The molecule has 0 fully saturated rings. The SMILES string of the molecule is O=CCCSc1nnc(-c2ccc(F)cc2)o1. The fraction of sp³-hybridized carbons (Fsp3) is 0.182. The molecular formula is C11H9FN2O2S. The molecule has 1 heterocycles. The molecule has 0 amide bonds. The van der Waals surface area contributed by atoms with Crippen molar-refractivity contribution >= 4 is 18.0 Å². The lowest BCUT2D eigenvalue weighted by molar-refractivity contribution is -0.107. The van der Waals surface area contributed by atoms with Gasteiger partial charge in [-0.1, -0.05) is 11.8 Å². The van der Waals surface area contributed by atoms with Gasteiger partial charge in [0, 0.05) is 17.7 Å². The number of aldehydes is 1. The largest absolute Gasteiger partial charge is 0.411 e. The van der Waals surface area contributed by atoms with Gasteiger partial charge in [-0.3, -0.25) is 0 Å². The highest BCUT2D eigenvalue weighted by molar-refractivity contribution is 7.99. The normalized spacial score (nSPS) is 10.4. The molecule has 17 heavy (non-hydrogen) atoms. The number of benzene rings is 1. The Morgan fingerprint density at radius 3 is 2.76 bits per heavy atom. The Morgan fingerprint density at radius 1 is 1.29 bits per heavy atom. The van der Waals surface area contributed by atoms with Crippen LogP contribution >= 0.6 is 11.8 Å². The molecule has 0 spiro atoms. The van der Waals surface area contributed by atoms with Crippen molar-refractivity contribution in [3.63, 3.8) is 0 Å². The predicted octanol–water partition coefficient (Wildman–Crippen LogP) is 2.56. The number of carbonyl (C=O) groups is 1. The Bertz CT molecular complexity index is 498. The van der Waals surface area contributed by atoms with E-state index in [-0.39, 0.29) is 5.82 Å². The van der Waals surface area contributed by atoms with E-state index in [9.17, 15) is 9.18 Å². The van der Waals surface area contributed by atoms with Gasteiger partial charge in [0.2, 0.25) is 5.89 Å². The Kier molecular flexibility index (Phi) is 3.87. The standard InChI is InChI=1S/C11H9FN2O2S/c12-9-4-2-8(3-5-9)10-13-14-11(16-10)17-7-1-6-15/h2-6H,1,7H2. The van der Waals surface area contributed by atoms with E-state index < -0.39 is 0 Å². The molecule has 4 nitrogen and oxygen atoms in total. The molecule has 1 aromatic carbocycles. The lowest BCUT2D eigenvalue weighted by atomic mass is 10.2.